The maximum Gasteiger partial charge on any atom is 0.326 e. The summed E-state index contributed by atoms with van der Waals surface area (Å²) in [7, 11) is 0. The van der Waals surface area contributed by atoms with Crippen molar-refractivity contribution in [2.24, 2.45) is 0 Å². The number of hydrogen-bond acceptors (Lipinski definition) is 3. The van der Waals surface area contributed by atoms with Gasteiger partial charge in [0.1, 0.15) is 6.04 Å². The summed E-state index contributed by atoms with van der Waals surface area (Å²) in [4.78, 5) is 24.2. The van der Waals surface area contributed by atoms with Crippen molar-refractivity contribution in [1.82, 2.24) is 15.1 Å². The van der Waals surface area contributed by atoms with Gasteiger partial charge in [-0.15, -0.1) is 6.58 Å². The van der Waals surface area contributed by atoms with E-state index in [1.54, 1.807) is 17.0 Å². The summed E-state index contributed by atoms with van der Waals surface area (Å²) in [6.45, 7) is 9.49. The van der Waals surface area contributed by atoms with Crippen molar-refractivity contribution in [3.8, 4) is 5.69 Å². The number of para-hydroxylation sites is 1. The Bertz CT molecular complexity index is 788. The third-order valence-corrected chi connectivity index (χ3v) is 3.95. The van der Waals surface area contributed by atoms with Crippen molar-refractivity contribution in [3.63, 3.8) is 0 Å². The van der Waals surface area contributed by atoms with Crippen LogP contribution in [0, 0.1) is 0 Å². The highest BCUT2D eigenvalue weighted by Gasteiger charge is 2.28. The highest BCUT2D eigenvalue weighted by atomic mass is 16.4. The molecule has 0 radical (unpaired) electrons. The van der Waals surface area contributed by atoms with Crippen LogP contribution in [-0.4, -0.2) is 32.8 Å². The molecule has 0 bridgehead atoms. The van der Waals surface area contributed by atoms with Crippen molar-refractivity contribution < 1.29 is 14.7 Å². The van der Waals surface area contributed by atoms with E-state index in [0.717, 1.165) is 5.69 Å². The van der Waals surface area contributed by atoms with Crippen LogP contribution in [0.3, 0.4) is 0 Å². The molecule has 1 unspecified atom stereocenters. The summed E-state index contributed by atoms with van der Waals surface area (Å²) in [6.07, 6.45) is 4.09. The number of aromatic nitrogens is 2. The normalized spacial score (nSPS) is 12.4. The van der Waals surface area contributed by atoms with Crippen molar-refractivity contribution in [2.45, 2.75) is 45.1 Å². The lowest BCUT2D eigenvalue weighted by molar-refractivity contribution is -0.139. The molecule has 2 aromatic rings. The molecule has 0 aliphatic heterocycles. The fourth-order valence-electron chi connectivity index (χ4n) is 2.58. The predicted octanol–water partition coefficient (Wildman–Crippen LogP) is 3.32. The summed E-state index contributed by atoms with van der Waals surface area (Å²) >= 11 is 0. The van der Waals surface area contributed by atoms with Crippen molar-refractivity contribution in [2.75, 3.05) is 0 Å². The van der Waals surface area contributed by atoms with E-state index in [1.807, 2.05) is 51.1 Å². The molecule has 0 saturated carbocycles. The van der Waals surface area contributed by atoms with Gasteiger partial charge in [-0.05, 0) is 25.0 Å². The standard InChI is InChI=1S/C20H25N3O3/c1-5-6-12-16(19(25)26)21-18(24)15-13-23(14-10-8-7-9-11-14)22-17(15)20(2,3)4/h5,7-11,13,16H,1,6,12H2,2-4H3,(H,21,24)(H,25,26). The Morgan fingerprint density at radius 1 is 1.31 bits per heavy atom. The second kappa shape index (κ2) is 7.99. The molecule has 1 amide bonds. The average molecular weight is 355 g/mol. The monoisotopic (exact) mass is 355 g/mol. The molecular formula is C20H25N3O3. The fraction of sp³-hybridized carbons (Fsp3) is 0.350. The van der Waals surface area contributed by atoms with Gasteiger partial charge in [-0.2, -0.15) is 5.10 Å². The number of hydrogen-bond donors (Lipinski definition) is 2. The van der Waals surface area contributed by atoms with Crippen LogP contribution in [0.15, 0.2) is 49.2 Å². The van der Waals surface area contributed by atoms with Crippen molar-refractivity contribution in [3.05, 3.63) is 60.4 Å². The number of nitrogens with zero attached hydrogens (tertiary/aromatic N) is 2. The number of rotatable bonds is 7. The number of aliphatic carboxylic acids is 1. The molecule has 26 heavy (non-hydrogen) atoms. The van der Waals surface area contributed by atoms with Gasteiger partial charge in [-0.1, -0.05) is 45.0 Å². The summed E-state index contributed by atoms with van der Waals surface area (Å²) in [6, 6.07) is 8.51. The molecular weight excluding hydrogens is 330 g/mol. The van der Waals surface area contributed by atoms with Crippen LogP contribution >= 0.6 is 0 Å². The van der Waals surface area contributed by atoms with Crippen molar-refractivity contribution in [1.29, 1.82) is 0 Å². The summed E-state index contributed by atoms with van der Waals surface area (Å²) < 4.78 is 1.65. The highest BCUT2D eigenvalue weighted by molar-refractivity contribution is 5.97. The molecule has 0 fully saturated rings. The Morgan fingerprint density at radius 3 is 2.50 bits per heavy atom. The maximum absolute atomic E-state index is 12.8. The molecule has 2 N–H and O–H groups in total. The molecule has 1 heterocycles. The Balaban J connectivity index is 2.37. The van der Waals surface area contributed by atoms with E-state index in [9.17, 15) is 14.7 Å². The molecule has 1 aromatic heterocycles. The third kappa shape index (κ3) is 4.59. The van der Waals surface area contributed by atoms with Crippen LogP contribution in [0.2, 0.25) is 0 Å². The fourth-order valence-corrected chi connectivity index (χ4v) is 2.58. The molecule has 138 valence electrons. The molecule has 6 heteroatoms. The number of allylic oxidation sites excluding steroid dienone is 1. The van der Waals surface area contributed by atoms with Gasteiger partial charge in [0.15, 0.2) is 0 Å². The molecule has 1 aromatic carbocycles. The molecule has 0 aliphatic carbocycles. The van der Waals surface area contributed by atoms with E-state index in [-0.39, 0.29) is 5.41 Å². The second-order valence-corrected chi connectivity index (χ2v) is 7.15. The zero-order chi connectivity index (χ0) is 19.3. The Morgan fingerprint density at radius 2 is 1.96 bits per heavy atom. The largest absolute Gasteiger partial charge is 0.480 e. The van der Waals surface area contributed by atoms with E-state index in [2.05, 4.69) is 17.0 Å². The minimum absolute atomic E-state index is 0.294. The van der Waals surface area contributed by atoms with Crippen LogP contribution < -0.4 is 5.32 Å². The summed E-state index contributed by atoms with van der Waals surface area (Å²) in [5.74, 6) is -1.50. The minimum atomic E-state index is -1.06. The van der Waals surface area contributed by atoms with E-state index >= 15 is 0 Å². The van der Waals surface area contributed by atoms with Crippen LogP contribution in [0.4, 0.5) is 0 Å². The molecule has 0 spiro atoms. The van der Waals surface area contributed by atoms with E-state index in [0.29, 0.717) is 24.1 Å². The lowest BCUT2D eigenvalue weighted by Crippen LogP contribution is -2.41. The first kappa shape index (κ1) is 19.4. The van der Waals surface area contributed by atoms with Gasteiger partial charge in [0.05, 0.1) is 16.9 Å². The lowest BCUT2D eigenvalue weighted by atomic mass is 9.89. The van der Waals surface area contributed by atoms with Gasteiger partial charge in [-0.3, -0.25) is 4.79 Å². The van der Waals surface area contributed by atoms with Crippen LogP contribution in [0.25, 0.3) is 5.69 Å². The average Bonchev–Trinajstić information content (AvgIpc) is 3.05. The Labute approximate surface area is 153 Å². The molecule has 0 saturated heterocycles. The first-order valence-corrected chi connectivity index (χ1v) is 8.54. The number of carbonyl (C=O) groups is 2. The number of benzene rings is 1. The van der Waals surface area contributed by atoms with Gasteiger partial charge in [0.2, 0.25) is 0 Å². The third-order valence-electron chi connectivity index (χ3n) is 3.95. The van der Waals surface area contributed by atoms with Gasteiger partial charge in [-0.25, -0.2) is 9.48 Å². The first-order valence-electron chi connectivity index (χ1n) is 8.54. The quantitative estimate of drug-likeness (QED) is 0.746. The topological polar surface area (TPSA) is 84.2 Å². The first-order chi connectivity index (χ1) is 12.2. The van der Waals surface area contributed by atoms with E-state index < -0.39 is 17.9 Å². The highest BCUT2D eigenvalue weighted by Crippen LogP contribution is 2.25. The molecule has 2 rings (SSSR count). The van der Waals surface area contributed by atoms with Gasteiger partial charge < -0.3 is 10.4 Å². The summed E-state index contributed by atoms with van der Waals surface area (Å²) in [5, 5.41) is 16.5. The predicted molar refractivity (Wildman–Crippen MR) is 101 cm³/mol. The number of carboxylic acids is 1. The lowest BCUT2D eigenvalue weighted by Gasteiger charge is -2.18. The van der Waals surface area contributed by atoms with Crippen LogP contribution in [0.5, 0.6) is 0 Å². The minimum Gasteiger partial charge on any atom is -0.480 e. The zero-order valence-corrected chi connectivity index (χ0v) is 15.4. The Hall–Kier alpha value is -2.89. The van der Waals surface area contributed by atoms with Crippen LogP contribution in [0.1, 0.15) is 49.7 Å². The SMILES string of the molecule is C=CCCC(NC(=O)c1cn(-c2ccccc2)nc1C(C)(C)C)C(=O)O. The summed E-state index contributed by atoms with van der Waals surface area (Å²) in [5.41, 5.74) is 1.46. The number of carbonyl (C=O) groups excluding carboxylic acids is 1. The van der Waals surface area contributed by atoms with Gasteiger partial charge in [0, 0.05) is 11.6 Å². The maximum atomic E-state index is 12.8. The molecule has 1 atom stereocenters. The van der Waals surface area contributed by atoms with E-state index in [1.165, 1.54) is 0 Å². The van der Waals surface area contributed by atoms with E-state index in [4.69, 9.17) is 0 Å². The second-order valence-electron chi connectivity index (χ2n) is 7.15. The van der Waals surface area contributed by atoms with Gasteiger partial charge >= 0.3 is 5.97 Å². The number of nitrogens with one attached hydrogen (secondary N) is 1. The Kier molecular flexibility index (Phi) is 5.97. The number of amides is 1. The number of carboxylic acid groups (broad SMARTS) is 1. The zero-order valence-electron chi connectivity index (χ0n) is 15.4. The smallest absolute Gasteiger partial charge is 0.326 e. The van der Waals surface area contributed by atoms with Gasteiger partial charge in [0.25, 0.3) is 5.91 Å². The molecule has 0 aliphatic rings. The van der Waals surface area contributed by atoms with Crippen LogP contribution in [-0.2, 0) is 10.2 Å². The molecule has 6 nitrogen and oxygen atoms in total. The van der Waals surface area contributed by atoms with Crippen molar-refractivity contribution >= 4 is 11.9 Å².